The first-order chi connectivity index (χ1) is 6.83. The summed E-state index contributed by atoms with van der Waals surface area (Å²) >= 11 is 1.79. The third kappa shape index (κ3) is 4.77. The van der Waals surface area contributed by atoms with Crippen molar-refractivity contribution in [3.63, 3.8) is 0 Å². The van der Waals surface area contributed by atoms with Crippen molar-refractivity contribution in [1.29, 1.82) is 0 Å². The van der Waals surface area contributed by atoms with Crippen LogP contribution in [-0.4, -0.2) is 12.6 Å². The molecule has 2 heteroatoms. The fraction of sp³-hybridized carbons (Fsp3) is 0.667. The van der Waals surface area contributed by atoms with E-state index in [1.165, 1.54) is 31.4 Å². The van der Waals surface area contributed by atoms with Crippen molar-refractivity contribution in [1.82, 2.24) is 5.32 Å². The van der Waals surface area contributed by atoms with E-state index >= 15 is 0 Å². The fourth-order valence-corrected chi connectivity index (χ4v) is 2.24. The molecule has 0 aliphatic heterocycles. The van der Waals surface area contributed by atoms with Crippen LogP contribution in [0.2, 0.25) is 0 Å². The van der Waals surface area contributed by atoms with Gasteiger partial charge < -0.3 is 5.32 Å². The second-order valence-corrected chi connectivity index (χ2v) is 4.68. The van der Waals surface area contributed by atoms with Crippen molar-refractivity contribution < 1.29 is 0 Å². The van der Waals surface area contributed by atoms with Crippen LogP contribution in [0.4, 0.5) is 0 Å². The van der Waals surface area contributed by atoms with Crippen LogP contribution < -0.4 is 5.32 Å². The Hall–Kier alpha value is -0.340. The summed E-state index contributed by atoms with van der Waals surface area (Å²) < 4.78 is 0. The molecular formula is C12H21NS. The van der Waals surface area contributed by atoms with E-state index in [4.69, 9.17) is 0 Å². The number of hydrogen-bond donors (Lipinski definition) is 1. The smallest absolute Gasteiger partial charge is 0.00794 e. The third-order valence-corrected chi connectivity index (χ3v) is 3.13. The molecule has 14 heavy (non-hydrogen) atoms. The van der Waals surface area contributed by atoms with Crippen LogP contribution in [0, 0.1) is 0 Å². The maximum absolute atomic E-state index is 3.56. The lowest BCUT2D eigenvalue weighted by molar-refractivity contribution is 0.523. The Kier molecular flexibility index (Phi) is 5.88. The molecule has 1 N–H and O–H groups in total. The average molecular weight is 211 g/mol. The van der Waals surface area contributed by atoms with Crippen LogP contribution in [0.5, 0.6) is 0 Å². The largest absolute Gasteiger partial charge is 0.314 e. The number of hydrogen-bond acceptors (Lipinski definition) is 2. The summed E-state index contributed by atoms with van der Waals surface area (Å²) in [6.45, 7) is 5.68. The summed E-state index contributed by atoms with van der Waals surface area (Å²) in [5, 5.41) is 7.95. The molecule has 1 aromatic heterocycles. The normalized spacial score (nSPS) is 13.0. The summed E-state index contributed by atoms with van der Waals surface area (Å²) in [7, 11) is 0. The van der Waals surface area contributed by atoms with Gasteiger partial charge in [0.25, 0.3) is 0 Å². The zero-order valence-corrected chi connectivity index (χ0v) is 10.1. The third-order valence-electron chi connectivity index (χ3n) is 2.40. The Morgan fingerprint density at radius 3 is 2.93 bits per heavy atom. The predicted octanol–water partition coefficient (Wildman–Crippen LogP) is 3.46. The van der Waals surface area contributed by atoms with Gasteiger partial charge in [0, 0.05) is 6.04 Å². The molecule has 1 heterocycles. The van der Waals surface area contributed by atoms with Crippen LogP contribution in [0.25, 0.3) is 0 Å². The lowest BCUT2D eigenvalue weighted by Gasteiger charge is -2.12. The van der Waals surface area contributed by atoms with E-state index in [9.17, 15) is 0 Å². The highest BCUT2D eigenvalue weighted by Gasteiger charge is 2.02. The molecule has 0 bridgehead atoms. The molecule has 0 saturated heterocycles. The van der Waals surface area contributed by atoms with Crippen molar-refractivity contribution in [2.75, 3.05) is 6.54 Å². The summed E-state index contributed by atoms with van der Waals surface area (Å²) in [6, 6.07) is 2.83. The quantitative estimate of drug-likeness (QED) is 0.681. The Labute approximate surface area is 91.5 Å². The molecule has 1 atom stereocenters. The average Bonchev–Trinajstić information content (AvgIpc) is 2.65. The molecule has 1 nitrogen and oxygen atoms in total. The van der Waals surface area contributed by atoms with Gasteiger partial charge in [-0.3, -0.25) is 0 Å². The van der Waals surface area contributed by atoms with Gasteiger partial charge in [0.1, 0.15) is 0 Å². The molecule has 0 spiro atoms. The summed E-state index contributed by atoms with van der Waals surface area (Å²) in [5.41, 5.74) is 1.46. The topological polar surface area (TPSA) is 12.0 Å². The van der Waals surface area contributed by atoms with E-state index in [0.29, 0.717) is 6.04 Å². The Balaban J connectivity index is 2.07. The summed E-state index contributed by atoms with van der Waals surface area (Å²) in [6.07, 6.45) is 5.12. The van der Waals surface area contributed by atoms with Crippen LogP contribution in [0.3, 0.4) is 0 Å². The monoisotopic (exact) mass is 211 g/mol. The zero-order valence-electron chi connectivity index (χ0n) is 9.25. The van der Waals surface area contributed by atoms with E-state index in [2.05, 4.69) is 36.0 Å². The lowest BCUT2D eigenvalue weighted by Crippen LogP contribution is -2.28. The van der Waals surface area contributed by atoms with Gasteiger partial charge in [0.15, 0.2) is 0 Å². The Bertz CT molecular complexity index is 218. The summed E-state index contributed by atoms with van der Waals surface area (Å²) in [5.74, 6) is 0. The van der Waals surface area contributed by atoms with Gasteiger partial charge >= 0.3 is 0 Å². The minimum atomic E-state index is 0.612. The van der Waals surface area contributed by atoms with E-state index in [0.717, 1.165) is 6.42 Å². The van der Waals surface area contributed by atoms with Gasteiger partial charge in [-0.05, 0) is 48.7 Å². The first kappa shape index (κ1) is 11.7. The first-order valence-corrected chi connectivity index (χ1v) is 6.51. The summed E-state index contributed by atoms with van der Waals surface area (Å²) in [4.78, 5) is 0. The van der Waals surface area contributed by atoms with Crippen molar-refractivity contribution in [3.05, 3.63) is 22.4 Å². The van der Waals surface area contributed by atoms with Crippen LogP contribution in [0.15, 0.2) is 16.8 Å². The number of thiophene rings is 1. The SMILES string of the molecule is CCCCCNC(C)Cc1ccsc1. The van der Waals surface area contributed by atoms with Crippen molar-refractivity contribution in [2.45, 2.75) is 45.6 Å². The second-order valence-electron chi connectivity index (χ2n) is 3.90. The number of nitrogens with one attached hydrogen (secondary N) is 1. The highest BCUT2D eigenvalue weighted by Crippen LogP contribution is 2.08. The van der Waals surface area contributed by atoms with E-state index in [1.807, 2.05) is 0 Å². The Morgan fingerprint density at radius 1 is 1.43 bits per heavy atom. The molecule has 0 fully saturated rings. The molecular weight excluding hydrogens is 190 g/mol. The Morgan fingerprint density at radius 2 is 2.29 bits per heavy atom. The minimum Gasteiger partial charge on any atom is -0.314 e. The van der Waals surface area contributed by atoms with Gasteiger partial charge in [0.05, 0.1) is 0 Å². The lowest BCUT2D eigenvalue weighted by atomic mass is 10.1. The molecule has 1 unspecified atom stereocenters. The fourth-order valence-electron chi connectivity index (χ4n) is 1.56. The van der Waals surface area contributed by atoms with Crippen molar-refractivity contribution in [2.24, 2.45) is 0 Å². The van der Waals surface area contributed by atoms with Gasteiger partial charge in [-0.1, -0.05) is 19.8 Å². The predicted molar refractivity (Wildman–Crippen MR) is 65.0 cm³/mol. The number of unbranched alkanes of at least 4 members (excludes halogenated alkanes) is 2. The number of rotatable bonds is 7. The van der Waals surface area contributed by atoms with E-state index in [1.54, 1.807) is 11.3 Å². The van der Waals surface area contributed by atoms with Crippen molar-refractivity contribution in [3.8, 4) is 0 Å². The highest BCUT2D eigenvalue weighted by molar-refractivity contribution is 7.07. The zero-order chi connectivity index (χ0) is 10.2. The second kappa shape index (κ2) is 7.02. The molecule has 1 aromatic rings. The van der Waals surface area contributed by atoms with Crippen LogP contribution in [-0.2, 0) is 6.42 Å². The van der Waals surface area contributed by atoms with Crippen LogP contribution in [0.1, 0.15) is 38.7 Å². The molecule has 0 aromatic carbocycles. The van der Waals surface area contributed by atoms with Gasteiger partial charge in [-0.25, -0.2) is 0 Å². The van der Waals surface area contributed by atoms with E-state index in [-0.39, 0.29) is 0 Å². The van der Waals surface area contributed by atoms with Gasteiger partial charge in [-0.2, -0.15) is 11.3 Å². The molecule has 1 rings (SSSR count). The molecule has 0 amide bonds. The van der Waals surface area contributed by atoms with Crippen LogP contribution >= 0.6 is 11.3 Å². The maximum atomic E-state index is 3.56. The molecule has 0 saturated carbocycles. The molecule has 0 radical (unpaired) electrons. The van der Waals surface area contributed by atoms with Crippen molar-refractivity contribution >= 4 is 11.3 Å². The minimum absolute atomic E-state index is 0.612. The standard InChI is InChI=1S/C12H21NS/c1-3-4-5-7-13-11(2)9-12-6-8-14-10-12/h6,8,10-11,13H,3-5,7,9H2,1-2H3. The maximum Gasteiger partial charge on any atom is 0.00794 e. The molecule has 0 aliphatic rings. The molecule has 80 valence electrons. The first-order valence-electron chi connectivity index (χ1n) is 5.57. The van der Waals surface area contributed by atoms with Gasteiger partial charge in [-0.15, -0.1) is 0 Å². The van der Waals surface area contributed by atoms with Gasteiger partial charge in [0.2, 0.25) is 0 Å². The molecule has 0 aliphatic carbocycles. The van der Waals surface area contributed by atoms with E-state index < -0.39 is 0 Å². The highest BCUT2D eigenvalue weighted by atomic mass is 32.1.